The van der Waals surface area contributed by atoms with Gasteiger partial charge in [0.1, 0.15) is 0 Å². The van der Waals surface area contributed by atoms with Crippen LogP contribution in [0.25, 0.3) is 0 Å². The van der Waals surface area contributed by atoms with Gasteiger partial charge in [0, 0.05) is 37.5 Å². The van der Waals surface area contributed by atoms with Crippen LogP contribution in [0.4, 0.5) is 17.1 Å². The first-order valence-corrected chi connectivity index (χ1v) is 13.0. The van der Waals surface area contributed by atoms with Crippen molar-refractivity contribution in [1.29, 1.82) is 0 Å². The fraction of sp³-hybridized carbons (Fsp3) is 0.323. The van der Waals surface area contributed by atoms with E-state index in [0.29, 0.717) is 31.1 Å². The summed E-state index contributed by atoms with van der Waals surface area (Å²) in [4.78, 5) is 15.9. The van der Waals surface area contributed by atoms with Crippen LogP contribution >= 0.6 is 0 Å². The summed E-state index contributed by atoms with van der Waals surface area (Å²) in [7, 11) is 4.07. The summed E-state index contributed by atoms with van der Waals surface area (Å²) < 4.78 is 11.7. The van der Waals surface area contributed by atoms with Crippen LogP contribution in [-0.4, -0.2) is 33.1 Å². The Kier molecular flexibility index (Phi) is 7.08. The number of carbonyl (C=O) groups is 1. The van der Waals surface area contributed by atoms with Crippen molar-refractivity contribution in [3.63, 3.8) is 0 Å². The van der Waals surface area contributed by atoms with Gasteiger partial charge in [0.2, 0.25) is 0 Å². The molecule has 1 aliphatic carbocycles. The minimum atomic E-state index is -0.300. The van der Waals surface area contributed by atoms with E-state index in [9.17, 15) is 4.79 Å². The van der Waals surface area contributed by atoms with Crippen molar-refractivity contribution in [3.05, 3.63) is 89.1 Å². The van der Waals surface area contributed by atoms with Gasteiger partial charge in [-0.25, -0.2) is 0 Å². The zero-order chi connectivity index (χ0) is 25.9. The summed E-state index contributed by atoms with van der Waals surface area (Å²) in [6.45, 7) is 5.01. The van der Waals surface area contributed by atoms with Gasteiger partial charge >= 0.3 is 0 Å². The number of rotatable bonds is 7. The van der Waals surface area contributed by atoms with Crippen molar-refractivity contribution >= 4 is 22.8 Å². The van der Waals surface area contributed by atoms with E-state index in [-0.39, 0.29) is 17.7 Å². The fourth-order valence-corrected chi connectivity index (χ4v) is 5.27. The van der Waals surface area contributed by atoms with E-state index in [2.05, 4.69) is 45.9 Å². The molecule has 2 aliphatic rings. The molecule has 2 atom stereocenters. The van der Waals surface area contributed by atoms with Gasteiger partial charge in [-0.2, -0.15) is 0 Å². The minimum Gasteiger partial charge on any atom is -0.490 e. The molecule has 3 aromatic rings. The number of nitrogens with zero attached hydrogens (tertiary/aromatic N) is 1. The van der Waals surface area contributed by atoms with E-state index in [1.165, 1.54) is 5.56 Å². The molecule has 192 valence electrons. The van der Waals surface area contributed by atoms with Gasteiger partial charge in [-0.15, -0.1) is 0 Å². The monoisotopic (exact) mass is 497 g/mol. The zero-order valence-corrected chi connectivity index (χ0v) is 22.0. The second-order valence-corrected chi connectivity index (χ2v) is 9.73. The second kappa shape index (κ2) is 10.6. The lowest BCUT2D eigenvalue weighted by Gasteiger charge is -2.30. The van der Waals surface area contributed by atoms with Crippen molar-refractivity contribution in [2.24, 2.45) is 0 Å². The maximum absolute atomic E-state index is 13.9. The van der Waals surface area contributed by atoms with Gasteiger partial charge in [0.05, 0.1) is 30.6 Å². The predicted molar refractivity (Wildman–Crippen MR) is 150 cm³/mol. The van der Waals surface area contributed by atoms with Crippen LogP contribution in [0.15, 0.2) is 78.0 Å². The number of hydrogen-bond acceptors (Lipinski definition) is 6. The Balaban J connectivity index is 1.56. The Morgan fingerprint density at radius 3 is 2.22 bits per heavy atom. The Hall–Kier alpha value is -3.93. The van der Waals surface area contributed by atoms with Crippen LogP contribution in [0.2, 0.25) is 0 Å². The fourth-order valence-electron chi connectivity index (χ4n) is 5.27. The smallest absolute Gasteiger partial charge is 0.163 e. The summed E-state index contributed by atoms with van der Waals surface area (Å²) in [6, 6.07) is 22.4. The number of anilines is 3. The van der Waals surface area contributed by atoms with Gasteiger partial charge in [-0.3, -0.25) is 4.79 Å². The molecular formula is C31H35N3O3. The standard InChI is InChI=1S/C31H35N3O3/c1-5-36-28-16-13-21(19-29(28)37-6-2)31-30-26(32-24-9-7-8-10-25(24)33-31)17-22(18-27(30)35)20-11-14-23(15-12-20)34(3)4/h7-16,19,22,31-33H,5-6,17-18H2,1-4H3. The normalized spacial score (nSPS) is 18.6. The predicted octanol–water partition coefficient (Wildman–Crippen LogP) is 6.53. The second-order valence-electron chi connectivity index (χ2n) is 9.73. The number of nitrogens with one attached hydrogen (secondary N) is 2. The molecule has 1 aliphatic heterocycles. The zero-order valence-electron chi connectivity index (χ0n) is 22.0. The van der Waals surface area contributed by atoms with Crippen LogP contribution in [-0.2, 0) is 4.79 Å². The summed E-state index contributed by atoms with van der Waals surface area (Å²) in [5, 5.41) is 7.28. The summed E-state index contributed by atoms with van der Waals surface area (Å²) >= 11 is 0. The molecule has 1 heterocycles. The van der Waals surface area contributed by atoms with Crippen molar-refractivity contribution in [1.82, 2.24) is 0 Å². The van der Waals surface area contributed by atoms with Crippen LogP contribution < -0.4 is 25.0 Å². The summed E-state index contributed by atoms with van der Waals surface area (Å²) in [5.74, 6) is 1.69. The Morgan fingerprint density at radius 2 is 1.51 bits per heavy atom. The average Bonchev–Trinajstić information content (AvgIpc) is 3.07. The largest absolute Gasteiger partial charge is 0.490 e. The lowest BCUT2D eigenvalue weighted by molar-refractivity contribution is -0.116. The molecule has 0 radical (unpaired) electrons. The maximum Gasteiger partial charge on any atom is 0.163 e. The van der Waals surface area contributed by atoms with E-state index >= 15 is 0 Å². The molecule has 0 spiro atoms. The molecule has 3 aromatic carbocycles. The molecule has 2 N–H and O–H groups in total. The number of para-hydroxylation sites is 2. The number of fused-ring (bicyclic) bond motifs is 1. The third-order valence-corrected chi connectivity index (χ3v) is 7.09. The number of benzene rings is 3. The molecule has 0 fully saturated rings. The van der Waals surface area contributed by atoms with Crippen LogP contribution in [0.5, 0.6) is 11.5 Å². The first-order chi connectivity index (χ1) is 18.0. The van der Waals surface area contributed by atoms with Crippen molar-refractivity contribution in [3.8, 4) is 11.5 Å². The molecule has 0 saturated heterocycles. The van der Waals surface area contributed by atoms with E-state index in [1.807, 2.05) is 64.3 Å². The molecule has 0 saturated carbocycles. The number of hydrogen-bond donors (Lipinski definition) is 2. The van der Waals surface area contributed by atoms with E-state index in [1.54, 1.807) is 0 Å². The first-order valence-electron chi connectivity index (χ1n) is 13.0. The van der Waals surface area contributed by atoms with Gasteiger partial charge in [-0.1, -0.05) is 30.3 Å². The molecule has 37 heavy (non-hydrogen) atoms. The van der Waals surface area contributed by atoms with Crippen LogP contribution in [0, 0.1) is 0 Å². The Labute approximate surface area is 219 Å². The highest BCUT2D eigenvalue weighted by Gasteiger charge is 2.36. The number of ether oxygens (including phenoxy) is 2. The van der Waals surface area contributed by atoms with Crippen LogP contribution in [0.1, 0.15) is 49.8 Å². The van der Waals surface area contributed by atoms with Gasteiger partial charge in [0.15, 0.2) is 17.3 Å². The molecule has 0 amide bonds. The van der Waals surface area contributed by atoms with Gasteiger partial charge in [0.25, 0.3) is 0 Å². The number of allylic oxidation sites excluding steroid dienone is 1. The lowest BCUT2D eigenvalue weighted by Crippen LogP contribution is -2.27. The molecular weight excluding hydrogens is 462 g/mol. The minimum absolute atomic E-state index is 0.125. The lowest BCUT2D eigenvalue weighted by atomic mass is 9.78. The Bertz CT molecular complexity index is 1310. The van der Waals surface area contributed by atoms with E-state index in [4.69, 9.17) is 9.47 Å². The summed E-state index contributed by atoms with van der Waals surface area (Å²) in [5.41, 5.74) is 7.03. The van der Waals surface area contributed by atoms with Crippen molar-refractivity contribution in [2.75, 3.05) is 42.8 Å². The van der Waals surface area contributed by atoms with Gasteiger partial charge < -0.3 is 25.0 Å². The highest BCUT2D eigenvalue weighted by molar-refractivity contribution is 6.01. The number of carbonyl (C=O) groups excluding carboxylic acids is 1. The quantitative estimate of drug-likeness (QED) is 0.387. The molecule has 0 aromatic heterocycles. The molecule has 2 unspecified atom stereocenters. The molecule has 6 nitrogen and oxygen atoms in total. The third-order valence-electron chi connectivity index (χ3n) is 7.09. The van der Waals surface area contributed by atoms with Crippen LogP contribution in [0.3, 0.4) is 0 Å². The molecule has 0 bridgehead atoms. The maximum atomic E-state index is 13.9. The van der Waals surface area contributed by atoms with Gasteiger partial charge in [-0.05, 0) is 73.7 Å². The van der Waals surface area contributed by atoms with Crippen molar-refractivity contribution < 1.29 is 14.3 Å². The summed E-state index contributed by atoms with van der Waals surface area (Å²) in [6.07, 6.45) is 1.25. The topological polar surface area (TPSA) is 62.8 Å². The third kappa shape index (κ3) is 5.01. The highest BCUT2D eigenvalue weighted by atomic mass is 16.5. The van der Waals surface area contributed by atoms with Crippen molar-refractivity contribution in [2.45, 2.75) is 38.6 Å². The average molecular weight is 498 g/mol. The highest BCUT2D eigenvalue weighted by Crippen LogP contribution is 2.45. The number of Topliss-reactive ketones (excluding diaryl/α,β-unsaturated/α-hetero) is 1. The van der Waals surface area contributed by atoms with E-state index in [0.717, 1.165) is 40.3 Å². The SMILES string of the molecule is CCOc1ccc(C2Nc3ccccc3NC3=C2C(=O)CC(c2ccc(N(C)C)cc2)C3)cc1OCC. The molecule has 5 rings (SSSR count). The molecule has 6 heteroatoms. The Morgan fingerprint density at radius 1 is 0.838 bits per heavy atom. The number of ketones is 1. The first kappa shape index (κ1) is 24.8. The van der Waals surface area contributed by atoms with E-state index < -0.39 is 0 Å².